The lowest BCUT2D eigenvalue weighted by Crippen LogP contribution is -2.40. The molecule has 0 aromatic heterocycles. The van der Waals surface area contributed by atoms with Gasteiger partial charge in [0, 0.05) is 19.6 Å². The zero-order chi connectivity index (χ0) is 13.9. The van der Waals surface area contributed by atoms with E-state index in [0.29, 0.717) is 18.1 Å². The Hall–Kier alpha value is -0.990. The molecule has 0 aliphatic carbocycles. The SMILES string of the molecule is Cc1cc(C(F)(F)F)ccc1CNC1=NCCCN1.I. The van der Waals surface area contributed by atoms with Gasteiger partial charge in [-0.15, -0.1) is 24.0 Å². The van der Waals surface area contributed by atoms with E-state index in [9.17, 15) is 13.2 Å². The number of nitrogens with one attached hydrogen (secondary N) is 2. The maximum absolute atomic E-state index is 12.5. The number of halogens is 4. The van der Waals surface area contributed by atoms with Crippen molar-refractivity contribution in [1.82, 2.24) is 10.6 Å². The zero-order valence-electron chi connectivity index (χ0n) is 11.0. The van der Waals surface area contributed by atoms with E-state index in [2.05, 4.69) is 15.6 Å². The van der Waals surface area contributed by atoms with Crippen LogP contribution in [0.5, 0.6) is 0 Å². The van der Waals surface area contributed by atoms with Crippen molar-refractivity contribution in [2.45, 2.75) is 26.1 Å². The first-order chi connectivity index (χ1) is 8.97. The van der Waals surface area contributed by atoms with Crippen molar-refractivity contribution in [2.75, 3.05) is 13.1 Å². The van der Waals surface area contributed by atoms with Crippen LogP contribution in [0.25, 0.3) is 0 Å². The summed E-state index contributed by atoms with van der Waals surface area (Å²) in [5.74, 6) is 0.713. The van der Waals surface area contributed by atoms with Gasteiger partial charge in [0.2, 0.25) is 0 Å². The first-order valence-corrected chi connectivity index (χ1v) is 6.16. The van der Waals surface area contributed by atoms with Gasteiger partial charge in [-0.1, -0.05) is 6.07 Å². The maximum atomic E-state index is 12.5. The van der Waals surface area contributed by atoms with Crippen molar-refractivity contribution >= 4 is 29.9 Å². The summed E-state index contributed by atoms with van der Waals surface area (Å²) in [6, 6.07) is 3.79. The lowest BCUT2D eigenvalue weighted by Gasteiger charge is -2.17. The predicted octanol–water partition coefficient (Wildman–Crippen LogP) is 3.07. The van der Waals surface area contributed by atoms with Gasteiger partial charge in [-0.25, -0.2) is 0 Å². The second kappa shape index (κ2) is 7.14. The molecular weight excluding hydrogens is 382 g/mol. The molecule has 1 aliphatic rings. The molecule has 112 valence electrons. The Morgan fingerprint density at radius 3 is 2.65 bits per heavy atom. The molecule has 0 unspecified atom stereocenters. The topological polar surface area (TPSA) is 36.4 Å². The second-order valence-corrected chi connectivity index (χ2v) is 4.50. The molecule has 1 aromatic carbocycles. The third-order valence-electron chi connectivity index (χ3n) is 3.01. The minimum Gasteiger partial charge on any atom is -0.356 e. The lowest BCUT2D eigenvalue weighted by molar-refractivity contribution is -0.137. The highest BCUT2D eigenvalue weighted by Gasteiger charge is 2.30. The molecule has 0 amide bonds. The fourth-order valence-corrected chi connectivity index (χ4v) is 1.90. The molecule has 2 rings (SSSR count). The highest BCUT2D eigenvalue weighted by Crippen LogP contribution is 2.30. The second-order valence-electron chi connectivity index (χ2n) is 4.50. The van der Waals surface area contributed by atoms with Crippen molar-refractivity contribution in [1.29, 1.82) is 0 Å². The smallest absolute Gasteiger partial charge is 0.356 e. The van der Waals surface area contributed by atoms with Crippen molar-refractivity contribution < 1.29 is 13.2 Å². The number of alkyl halides is 3. The number of hydrogen-bond donors (Lipinski definition) is 2. The summed E-state index contributed by atoms with van der Waals surface area (Å²) in [5.41, 5.74) is 0.851. The standard InChI is InChI=1S/C13H16F3N3.HI/c1-9-7-11(13(14,15)16)4-3-10(9)8-19-12-17-5-2-6-18-12;/h3-4,7H,2,5-6,8H2,1H3,(H2,17,18,19);1H. The zero-order valence-corrected chi connectivity index (χ0v) is 13.4. The van der Waals surface area contributed by atoms with Gasteiger partial charge in [0.1, 0.15) is 0 Å². The monoisotopic (exact) mass is 399 g/mol. The summed E-state index contributed by atoms with van der Waals surface area (Å²) in [6.45, 7) is 3.80. The van der Waals surface area contributed by atoms with E-state index < -0.39 is 11.7 Å². The van der Waals surface area contributed by atoms with Gasteiger partial charge in [-0.05, 0) is 36.6 Å². The van der Waals surface area contributed by atoms with Crippen LogP contribution in [0.2, 0.25) is 0 Å². The Labute approximate surface area is 133 Å². The fourth-order valence-electron chi connectivity index (χ4n) is 1.90. The molecule has 0 spiro atoms. The number of aryl methyl sites for hydroxylation is 1. The Bertz CT molecular complexity index is 486. The molecule has 0 fully saturated rings. The normalized spacial score (nSPS) is 14.9. The van der Waals surface area contributed by atoms with Crippen LogP contribution in [0.4, 0.5) is 13.2 Å². The number of aliphatic imine (C=N–C) groups is 1. The summed E-state index contributed by atoms with van der Waals surface area (Å²) in [5, 5.41) is 6.20. The quantitative estimate of drug-likeness (QED) is 0.751. The first kappa shape index (κ1) is 17.1. The van der Waals surface area contributed by atoms with Crippen LogP contribution in [-0.2, 0) is 12.7 Å². The summed E-state index contributed by atoms with van der Waals surface area (Å²) in [4.78, 5) is 4.25. The van der Waals surface area contributed by atoms with Crippen LogP contribution in [0.15, 0.2) is 23.2 Å². The van der Waals surface area contributed by atoms with Crippen LogP contribution in [0.3, 0.4) is 0 Å². The van der Waals surface area contributed by atoms with Crippen LogP contribution in [-0.4, -0.2) is 19.0 Å². The molecule has 0 atom stereocenters. The van der Waals surface area contributed by atoms with Crippen LogP contribution in [0, 0.1) is 6.92 Å². The number of hydrogen-bond acceptors (Lipinski definition) is 3. The molecule has 0 bridgehead atoms. The van der Waals surface area contributed by atoms with Gasteiger partial charge >= 0.3 is 6.18 Å². The Balaban J connectivity index is 0.00000200. The van der Waals surface area contributed by atoms with Gasteiger partial charge in [-0.3, -0.25) is 4.99 Å². The number of benzene rings is 1. The third kappa shape index (κ3) is 4.53. The Morgan fingerprint density at radius 1 is 1.35 bits per heavy atom. The average molecular weight is 399 g/mol. The molecule has 0 saturated heterocycles. The molecular formula is C13H17F3IN3. The number of guanidine groups is 1. The molecule has 0 saturated carbocycles. The van der Waals surface area contributed by atoms with E-state index in [1.807, 2.05) is 0 Å². The summed E-state index contributed by atoms with van der Waals surface area (Å²) < 4.78 is 37.6. The van der Waals surface area contributed by atoms with E-state index in [0.717, 1.165) is 31.1 Å². The molecule has 1 heterocycles. The lowest BCUT2D eigenvalue weighted by atomic mass is 10.0. The molecule has 0 radical (unpaired) electrons. The van der Waals surface area contributed by atoms with Gasteiger partial charge in [-0.2, -0.15) is 13.2 Å². The molecule has 20 heavy (non-hydrogen) atoms. The molecule has 1 aliphatic heterocycles. The highest BCUT2D eigenvalue weighted by atomic mass is 127. The van der Waals surface area contributed by atoms with Crippen molar-refractivity contribution in [3.05, 3.63) is 34.9 Å². The largest absolute Gasteiger partial charge is 0.416 e. The van der Waals surface area contributed by atoms with Gasteiger partial charge in [0.15, 0.2) is 5.96 Å². The maximum Gasteiger partial charge on any atom is 0.416 e. The minimum absolute atomic E-state index is 0. The average Bonchev–Trinajstić information content (AvgIpc) is 2.37. The number of nitrogens with zero attached hydrogens (tertiary/aromatic N) is 1. The fraction of sp³-hybridized carbons (Fsp3) is 0.462. The summed E-state index contributed by atoms with van der Waals surface area (Å²) >= 11 is 0. The van der Waals surface area contributed by atoms with Crippen LogP contribution < -0.4 is 10.6 Å². The molecule has 3 nitrogen and oxygen atoms in total. The van der Waals surface area contributed by atoms with E-state index in [-0.39, 0.29) is 24.0 Å². The van der Waals surface area contributed by atoms with E-state index in [1.165, 1.54) is 12.1 Å². The van der Waals surface area contributed by atoms with Crippen LogP contribution in [0.1, 0.15) is 23.1 Å². The Kier molecular flexibility index (Phi) is 6.09. The van der Waals surface area contributed by atoms with Crippen molar-refractivity contribution in [3.8, 4) is 0 Å². The van der Waals surface area contributed by atoms with E-state index >= 15 is 0 Å². The molecule has 2 N–H and O–H groups in total. The van der Waals surface area contributed by atoms with Gasteiger partial charge < -0.3 is 10.6 Å². The molecule has 7 heteroatoms. The van der Waals surface area contributed by atoms with Gasteiger partial charge in [0.25, 0.3) is 0 Å². The Morgan fingerprint density at radius 2 is 2.10 bits per heavy atom. The molecule has 1 aromatic rings. The predicted molar refractivity (Wildman–Crippen MR) is 83.4 cm³/mol. The van der Waals surface area contributed by atoms with Crippen LogP contribution >= 0.6 is 24.0 Å². The van der Waals surface area contributed by atoms with E-state index in [4.69, 9.17) is 0 Å². The first-order valence-electron chi connectivity index (χ1n) is 6.16. The summed E-state index contributed by atoms with van der Waals surface area (Å²) in [7, 11) is 0. The third-order valence-corrected chi connectivity index (χ3v) is 3.01. The minimum atomic E-state index is -4.29. The van der Waals surface area contributed by atoms with Gasteiger partial charge in [0.05, 0.1) is 5.56 Å². The van der Waals surface area contributed by atoms with E-state index in [1.54, 1.807) is 6.92 Å². The summed E-state index contributed by atoms with van der Waals surface area (Å²) in [6.07, 6.45) is -3.28. The van der Waals surface area contributed by atoms with Crippen molar-refractivity contribution in [2.24, 2.45) is 4.99 Å². The van der Waals surface area contributed by atoms with Crippen molar-refractivity contribution in [3.63, 3.8) is 0 Å². The number of rotatable bonds is 2. The highest BCUT2D eigenvalue weighted by molar-refractivity contribution is 14.0.